The van der Waals surface area contributed by atoms with Crippen molar-refractivity contribution in [3.05, 3.63) is 60.2 Å². The third-order valence-electron chi connectivity index (χ3n) is 7.02. The summed E-state index contributed by atoms with van der Waals surface area (Å²) in [5.74, 6) is 0.884. The van der Waals surface area contributed by atoms with Gasteiger partial charge in [-0.05, 0) is 75.4 Å². The lowest BCUT2D eigenvalue weighted by molar-refractivity contribution is -0.125. The minimum absolute atomic E-state index is 0.0383. The van der Waals surface area contributed by atoms with E-state index in [4.69, 9.17) is 9.47 Å². The van der Waals surface area contributed by atoms with Gasteiger partial charge in [0.15, 0.2) is 0 Å². The lowest BCUT2D eigenvalue weighted by Gasteiger charge is -2.36. The Bertz CT molecular complexity index is 847. The van der Waals surface area contributed by atoms with Crippen LogP contribution >= 0.6 is 0 Å². The van der Waals surface area contributed by atoms with Gasteiger partial charge in [-0.1, -0.05) is 36.8 Å². The maximum atomic E-state index is 13.4. The summed E-state index contributed by atoms with van der Waals surface area (Å²) in [4.78, 5) is 15.9. The van der Waals surface area contributed by atoms with Gasteiger partial charge in [0.2, 0.25) is 5.91 Å². The minimum Gasteiger partial charge on any atom is -0.494 e. The highest BCUT2D eigenvalue weighted by Gasteiger charge is 2.41. The number of nitrogens with one attached hydrogen (secondary N) is 1. The van der Waals surface area contributed by atoms with E-state index in [1.54, 1.807) is 0 Å². The summed E-state index contributed by atoms with van der Waals surface area (Å²) in [5.41, 5.74) is 1.32. The highest BCUT2D eigenvalue weighted by atomic mass is 16.5. The number of likely N-dealkylation sites (tertiary alicyclic amines) is 1. The first-order valence-electron chi connectivity index (χ1n) is 12.1. The van der Waals surface area contributed by atoms with Gasteiger partial charge >= 0.3 is 0 Å². The highest BCUT2D eigenvalue weighted by molar-refractivity contribution is 5.99. The van der Waals surface area contributed by atoms with Crippen molar-refractivity contribution in [1.82, 2.24) is 4.90 Å². The summed E-state index contributed by atoms with van der Waals surface area (Å²) in [5, 5.41) is 3.14. The van der Waals surface area contributed by atoms with E-state index >= 15 is 0 Å². The number of carbonyl (C=O) groups excluding carboxylic acids is 1. The molecule has 4 rings (SSSR count). The largest absolute Gasteiger partial charge is 0.494 e. The number of carbonyl (C=O) groups is 1. The van der Waals surface area contributed by atoms with E-state index in [0.29, 0.717) is 38.7 Å². The Balaban J connectivity index is 1.30. The first-order chi connectivity index (χ1) is 15.7. The number of nitrogens with zero attached hydrogens (tertiary/aromatic N) is 1. The van der Waals surface area contributed by atoms with Crippen LogP contribution in [0.2, 0.25) is 0 Å². The van der Waals surface area contributed by atoms with Gasteiger partial charge in [-0.15, -0.1) is 0 Å². The average Bonchev–Trinajstić information content (AvgIpc) is 2.85. The molecule has 0 aromatic heterocycles. The molecule has 0 saturated carbocycles. The van der Waals surface area contributed by atoms with Crippen molar-refractivity contribution in [3.63, 3.8) is 0 Å². The third-order valence-corrected chi connectivity index (χ3v) is 7.02. The quantitative estimate of drug-likeness (QED) is 0.591. The molecule has 0 aliphatic carbocycles. The number of anilines is 1. The molecule has 2 heterocycles. The van der Waals surface area contributed by atoms with Crippen molar-refractivity contribution >= 4 is 11.6 Å². The van der Waals surface area contributed by atoms with Gasteiger partial charge in [0.05, 0.1) is 12.0 Å². The van der Waals surface area contributed by atoms with Gasteiger partial charge < -0.3 is 19.7 Å². The van der Waals surface area contributed by atoms with Crippen LogP contribution in [0.5, 0.6) is 5.75 Å². The average molecular weight is 437 g/mol. The van der Waals surface area contributed by atoms with E-state index in [-0.39, 0.29) is 5.91 Å². The number of hydrogen-bond acceptors (Lipinski definition) is 4. The fourth-order valence-corrected chi connectivity index (χ4v) is 4.96. The second-order valence-corrected chi connectivity index (χ2v) is 9.12. The fraction of sp³-hybridized carbons (Fsp3) is 0.519. The van der Waals surface area contributed by atoms with Crippen LogP contribution in [0.3, 0.4) is 0 Å². The van der Waals surface area contributed by atoms with Crippen molar-refractivity contribution in [3.8, 4) is 5.75 Å². The minimum atomic E-state index is -0.541. The van der Waals surface area contributed by atoms with Crippen LogP contribution in [0.1, 0.15) is 51.0 Å². The zero-order chi connectivity index (χ0) is 22.2. The number of ether oxygens (including phenoxy) is 2. The Morgan fingerprint density at radius 3 is 2.56 bits per heavy atom. The molecule has 0 spiro atoms. The van der Waals surface area contributed by atoms with E-state index in [1.165, 1.54) is 25.8 Å². The van der Waals surface area contributed by atoms with Crippen LogP contribution in [-0.2, 0) is 14.9 Å². The molecule has 0 radical (unpaired) electrons. The molecule has 2 fully saturated rings. The fourth-order valence-electron chi connectivity index (χ4n) is 4.96. The van der Waals surface area contributed by atoms with Gasteiger partial charge in [0.25, 0.3) is 0 Å². The lowest BCUT2D eigenvalue weighted by Crippen LogP contribution is -2.44. The Labute approximate surface area is 192 Å². The molecule has 2 saturated heterocycles. The Hall–Kier alpha value is -2.37. The molecule has 2 aromatic carbocycles. The summed E-state index contributed by atoms with van der Waals surface area (Å²) in [6.07, 6.45) is 6.41. The number of hydrogen-bond donors (Lipinski definition) is 1. The monoisotopic (exact) mass is 436 g/mol. The predicted octanol–water partition coefficient (Wildman–Crippen LogP) is 5.02. The summed E-state index contributed by atoms with van der Waals surface area (Å²) in [7, 11) is 0. The van der Waals surface area contributed by atoms with Crippen molar-refractivity contribution in [1.29, 1.82) is 0 Å². The van der Waals surface area contributed by atoms with Crippen LogP contribution < -0.4 is 10.1 Å². The molecule has 5 heteroatoms. The zero-order valence-electron chi connectivity index (χ0n) is 19.2. The summed E-state index contributed by atoms with van der Waals surface area (Å²) < 4.78 is 11.5. The molecular formula is C27H36N2O3. The van der Waals surface area contributed by atoms with Crippen LogP contribution in [0.25, 0.3) is 0 Å². The molecule has 32 heavy (non-hydrogen) atoms. The van der Waals surface area contributed by atoms with E-state index < -0.39 is 5.41 Å². The Kier molecular flexibility index (Phi) is 7.82. The van der Waals surface area contributed by atoms with Gasteiger partial charge in [-0.2, -0.15) is 0 Å². The zero-order valence-corrected chi connectivity index (χ0v) is 19.2. The first-order valence-corrected chi connectivity index (χ1v) is 12.1. The SMILES string of the molecule is C[C@H]1CCCCN1CCCOc1ccc(NC(=O)C2(c3ccccc3)CCOCC2)cc1. The van der Waals surface area contributed by atoms with Gasteiger partial charge in [-0.3, -0.25) is 4.79 Å². The predicted molar refractivity (Wildman–Crippen MR) is 128 cm³/mol. The molecule has 1 atom stereocenters. The van der Waals surface area contributed by atoms with Crippen LogP contribution in [0, 0.1) is 0 Å². The molecule has 2 aliphatic heterocycles. The van der Waals surface area contributed by atoms with E-state index in [1.807, 2.05) is 54.6 Å². The lowest BCUT2D eigenvalue weighted by atomic mass is 9.73. The standard InChI is InChI=1S/C27H36N2O3/c1-22-8-5-6-17-29(22)18-7-19-32-25-13-11-24(12-14-25)28-26(30)27(15-20-31-21-16-27)23-9-3-2-4-10-23/h2-4,9-14,22H,5-8,15-21H2,1H3,(H,28,30)/t22-/m0/s1. The first kappa shape index (κ1) is 22.8. The number of amides is 1. The third kappa shape index (κ3) is 5.51. The van der Waals surface area contributed by atoms with Crippen molar-refractivity contribution in [2.75, 3.05) is 38.2 Å². The maximum absolute atomic E-state index is 13.4. The number of benzene rings is 2. The molecule has 5 nitrogen and oxygen atoms in total. The van der Waals surface area contributed by atoms with Gasteiger partial charge in [0.1, 0.15) is 5.75 Å². The molecule has 0 bridgehead atoms. The second kappa shape index (κ2) is 11.0. The molecule has 0 unspecified atom stereocenters. The molecule has 1 N–H and O–H groups in total. The summed E-state index contributed by atoms with van der Waals surface area (Å²) >= 11 is 0. The maximum Gasteiger partial charge on any atom is 0.235 e. The Morgan fingerprint density at radius 1 is 1.09 bits per heavy atom. The van der Waals surface area contributed by atoms with Gasteiger partial charge in [-0.25, -0.2) is 0 Å². The summed E-state index contributed by atoms with van der Waals surface area (Å²) in [6.45, 7) is 6.56. The van der Waals surface area contributed by atoms with Crippen molar-refractivity contribution < 1.29 is 14.3 Å². The number of piperidine rings is 1. The molecule has 172 valence electrons. The highest BCUT2D eigenvalue weighted by Crippen LogP contribution is 2.36. The van der Waals surface area contributed by atoms with Crippen molar-refractivity contribution in [2.45, 2.75) is 56.9 Å². The van der Waals surface area contributed by atoms with Crippen molar-refractivity contribution in [2.24, 2.45) is 0 Å². The summed E-state index contributed by atoms with van der Waals surface area (Å²) in [6, 6.07) is 18.5. The molecule has 1 amide bonds. The molecular weight excluding hydrogens is 400 g/mol. The van der Waals surface area contributed by atoms with Gasteiger partial charge in [0, 0.05) is 31.5 Å². The van der Waals surface area contributed by atoms with Crippen LogP contribution in [0.15, 0.2) is 54.6 Å². The van der Waals surface area contributed by atoms with E-state index in [9.17, 15) is 4.79 Å². The molecule has 2 aromatic rings. The van der Waals surface area contributed by atoms with E-state index in [2.05, 4.69) is 17.1 Å². The van der Waals surface area contributed by atoms with Crippen LogP contribution in [-0.4, -0.2) is 49.8 Å². The normalized spacial score (nSPS) is 21.1. The number of rotatable bonds is 8. The van der Waals surface area contributed by atoms with Crippen LogP contribution in [0.4, 0.5) is 5.69 Å². The topological polar surface area (TPSA) is 50.8 Å². The van der Waals surface area contributed by atoms with E-state index in [0.717, 1.165) is 30.0 Å². The Morgan fingerprint density at radius 2 is 1.84 bits per heavy atom. The second-order valence-electron chi connectivity index (χ2n) is 9.12. The smallest absolute Gasteiger partial charge is 0.235 e. The molecule has 2 aliphatic rings.